The van der Waals surface area contributed by atoms with Crippen LogP contribution in [0.4, 0.5) is 14.5 Å². The Labute approximate surface area is 126 Å². The summed E-state index contributed by atoms with van der Waals surface area (Å²) in [6.07, 6.45) is 0.840. The van der Waals surface area contributed by atoms with E-state index >= 15 is 0 Å². The van der Waals surface area contributed by atoms with Gasteiger partial charge in [0.2, 0.25) is 0 Å². The number of benzene rings is 1. The van der Waals surface area contributed by atoms with Gasteiger partial charge in [-0.15, -0.1) is 0 Å². The molecule has 1 N–H and O–H groups in total. The van der Waals surface area contributed by atoms with Gasteiger partial charge in [-0.3, -0.25) is 0 Å². The van der Waals surface area contributed by atoms with Crippen molar-refractivity contribution in [1.29, 1.82) is 0 Å². The molecule has 5 heteroatoms. The van der Waals surface area contributed by atoms with Crippen LogP contribution in [0.15, 0.2) is 12.1 Å². The van der Waals surface area contributed by atoms with Crippen molar-refractivity contribution in [2.45, 2.75) is 39.8 Å². The highest BCUT2D eigenvalue weighted by atomic mass is 19.1. The van der Waals surface area contributed by atoms with E-state index in [2.05, 4.69) is 5.32 Å². The van der Waals surface area contributed by atoms with Gasteiger partial charge < -0.3 is 15.0 Å². The third-order valence-corrected chi connectivity index (χ3v) is 3.64. The number of halogens is 2. The monoisotopic (exact) mass is 300 g/mol. The van der Waals surface area contributed by atoms with E-state index in [1.54, 1.807) is 12.0 Å². The molecular formula is C16H26F2N2O. The summed E-state index contributed by atoms with van der Waals surface area (Å²) in [5, 5.41) is 3.08. The average Bonchev–Trinajstić information content (AvgIpc) is 2.46. The maximum atomic E-state index is 14.3. The van der Waals surface area contributed by atoms with Crippen LogP contribution in [-0.4, -0.2) is 32.8 Å². The molecule has 1 unspecified atom stereocenters. The number of nitrogens with zero attached hydrogens (tertiary/aromatic N) is 1. The van der Waals surface area contributed by atoms with Gasteiger partial charge in [0, 0.05) is 32.8 Å². The van der Waals surface area contributed by atoms with E-state index in [-0.39, 0.29) is 11.7 Å². The second kappa shape index (κ2) is 8.95. The molecule has 1 aromatic rings. The molecule has 1 atom stereocenters. The zero-order valence-electron chi connectivity index (χ0n) is 13.4. The molecular weight excluding hydrogens is 274 g/mol. The van der Waals surface area contributed by atoms with Gasteiger partial charge in [0.05, 0.1) is 6.61 Å². The number of ether oxygens (including phenoxy) is 1. The van der Waals surface area contributed by atoms with Crippen LogP contribution in [0, 0.1) is 11.6 Å². The number of rotatable bonds is 9. The summed E-state index contributed by atoms with van der Waals surface area (Å²) in [7, 11) is 1.62. The van der Waals surface area contributed by atoms with E-state index in [1.807, 2.05) is 20.8 Å². The number of hydrogen-bond donors (Lipinski definition) is 1. The number of anilines is 1. The summed E-state index contributed by atoms with van der Waals surface area (Å²) < 4.78 is 33.5. The molecule has 0 aromatic heterocycles. The maximum absolute atomic E-state index is 14.3. The topological polar surface area (TPSA) is 24.5 Å². The van der Waals surface area contributed by atoms with Crippen LogP contribution < -0.4 is 10.2 Å². The van der Waals surface area contributed by atoms with E-state index in [1.165, 1.54) is 12.1 Å². The Balaban J connectivity index is 2.88. The predicted molar refractivity (Wildman–Crippen MR) is 82.7 cm³/mol. The molecule has 0 bridgehead atoms. The summed E-state index contributed by atoms with van der Waals surface area (Å²) in [6.45, 7) is 8.11. The summed E-state index contributed by atoms with van der Waals surface area (Å²) >= 11 is 0. The Hall–Kier alpha value is -1.20. The molecule has 0 saturated carbocycles. The first-order valence-corrected chi connectivity index (χ1v) is 7.49. The second-order valence-electron chi connectivity index (χ2n) is 5.12. The van der Waals surface area contributed by atoms with E-state index < -0.39 is 11.6 Å². The lowest BCUT2D eigenvalue weighted by Crippen LogP contribution is -2.34. The van der Waals surface area contributed by atoms with Crippen molar-refractivity contribution >= 4 is 5.69 Å². The number of methoxy groups -OCH3 is 1. The highest BCUT2D eigenvalue weighted by molar-refractivity contribution is 5.51. The standard InChI is InChI=1S/C16H26F2N2O/c1-5-12(3)20(6-2)16-14(17)9-13(10-15(16)18)11-19-7-8-21-4/h9-10,12,19H,5-8,11H2,1-4H3. The van der Waals surface area contributed by atoms with Crippen molar-refractivity contribution in [2.75, 3.05) is 31.7 Å². The molecule has 1 aromatic carbocycles. The smallest absolute Gasteiger partial charge is 0.149 e. The minimum absolute atomic E-state index is 0.0764. The third kappa shape index (κ3) is 4.93. The van der Waals surface area contributed by atoms with Gasteiger partial charge in [-0.2, -0.15) is 0 Å². The maximum Gasteiger partial charge on any atom is 0.149 e. The normalized spacial score (nSPS) is 12.5. The third-order valence-electron chi connectivity index (χ3n) is 3.64. The average molecular weight is 300 g/mol. The van der Waals surface area contributed by atoms with Gasteiger partial charge >= 0.3 is 0 Å². The van der Waals surface area contributed by atoms with Crippen LogP contribution in [0.3, 0.4) is 0 Å². The molecule has 0 radical (unpaired) electrons. The number of nitrogens with one attached hydrogen (secondary N) is 1. The quantitative estimate of drug-likeness (QED) is 0.708. The molecule has 1 rings (SSSR count). The Morgan fingerprint density at radius 2 is 1.86 bits per heavy atom. The first-order valence-electron chi connectivity index (χ1n) is 7.49. The van der Waals surface area contributed by atoms with Gasteiger partial charge in [-0.25, -0.2) is 8.78 Å². The lowest BCUT2D eigenvalue weighted by atomic mass is 10.1. The van der Waals surface area contributed by atoms with Crippen LogP contribution in [0.25, 0.3) is 0 Å². The fraction of sp³-hybridized carbons (Fsp3) is 0.625. The molecule has 3 nitrogen and oxygen atoms in total. The Kier molecular flexibility index (Phi) is 7.61. The lowest BCUT2D eigenvalue weighted by Gasteiger charge is -2.30. The van der Waals surface area contributed by atoms with E-state index in [0.717, 1.165) is 6.42 Å². The molecule has 0 aliphatic heterocycles. The molecule has 0 saturated heterocycles. The van der Waals surface area contributed by atoms with Gasteiger partial charge in [0.1, 0.15) is 17.3 Å². The molecule has 21 heavy (non-hydrogen) atoms. The summed E-state index contributed by atoms with van der Waals surface area (Å²) in [4.78, 5) is 1.77. The molecule has 0 aliphatic carbocycles. The van der Waals surface area contributed by atoms with Crippen LogP contribution in [-0.2, 0) is 11.3 Å². The van der Waals surface area contributed by atoms with E-state index in [0.29, 0.717) is 31.8 Å². The molecule has 0 aliphatic rings. The first kappa shape index (κ1) is 17.9. The van der Waals surface area contributed by atoms with Crippen LogP contribution >= 0.6 is 0 Å². The van der Waals surface area contributed by atoms with Gasteiger partial charge in [0.15, 0.2) is 0 Å². The van der Waals surface area contributed by atoms with Crippen molar-refractivity contribution in [1.82, 2.24) is 5.32 Å². The van der Waals surface area contributed by atoms with Gasteiger partial charge in [0.25, 0.3) is 0 Å². The highest BCUT2D eigenvalue weighted by Gasteiger charge is 2.20. The van der Waals surface area contributed by atoms with Crippen molar-refractivity contribution < 1.29 is 13.5 Å². The van der Waals surface area contributed by atoms with Crippen molar-refractivity contribution in [3.05, 3.63) is 29.3 Å². The van der Waals surface area contributed by atoms with Gasteiger partial charge in [-0.05, 0) is 38.0 Å². The largest absolute Gasteiger partial charge is 0.383 e. The molecule has 0 heterocycles. The molecule has 120 valence electrons. The van der Waals surface area contributed by atoms with Crippen LogP contribution in [0.5, 0.6) is 0 Å². The minimum Gasteiger partial charge on any atom is -0.383 e. The zero-order chi connectivity index (χ0) is 15.8. The first-order chi connectivity index (χ1) is 10.0. The Morgan fingerprint density at radius 3 is 2.33 bits per heavy atom. The number of hydrogen-bond acceptors (Lipinski definition) is 3. The molecule has 0 amide bonds. The summed E-state index contributed by atoms with van der Waals surface area (Å²) in [5.41, 5.74) is 0.678. The molecule has 0 spiro atoms. The van der Waals surface area contributed by atoms with Crippen molar-refractivity contribution in [3.63, 3.8) is 0 Å². The van der Waals surface area contributed by atoms with E-state index in [9.17, 15) is 8.78 Å². The fourth-order valence-corrected chi connectivity index (χ4v) is 2.31. The van der Waals surface area contributed by atoms with Gasteiger partial charge in [-0.1, -0.05) is 6.92 Å². The zero-order valence-corrected chi connectivity index (χ0v) is 13.4. The fourth-order valence-electron chi connectivity index (χ4n) is 2.31. The summed E-state index contributed by atoms with van der Waals surface area (Å²) in [6, 6.07) is 2.91. The predicted octanol–water partition coefficient (Wildman–Crippen LogP) is 3.33. The van der Waals surface area contributed by atoms with Crippen LogP contribution in [0.1, 0.15) is 32.8 Å². The SMILES string of the molecule is CCC(C)N(CC)c1c(F)cc(CNCCOC)cc1F. The van der Waals surface area contributed by atoms with Crippen LogP contribution in [0.2, 0.25) is 0 Å². The lowest BCUT2D eigenvalue weighted by molar-refractivity contribution is 0.199. The Morgan fingerprint density at radius 1 is 1.24 bits per heavy atom. The minimum atomic E-state index is -0.499. The second-order valence-corrected chi connectivity index (χ2v) is 5.12. The summed E-state index contributed by atoms with van der Waals surface area (Å²) in [5.74, 6) is -0.999. The van der Waals surface area contributed by atoms with Crippen molar-refractivity contribution in [3.8, 4) is 0 Å². The highest BCUT2D eigenvalue weighted by Crippen LogP contribution is 2.27. The van der Waals surface area contributed by atoms with Crippen molar-refractivity contribution in [2.24, 2.45) is 0 Å². The molecule has 0 fully saturated rings. The Bertz CT molecular complexity index is 417. The van der Waals surface area contributed by atoms with E-state index in [4.69, 9.17) is 4.74 Å².